The van der Waals surface area contributed by atoms with Gasteiger partial charge >= 0.3 is 0 Å². The topological polar surface area (TPSA) is 74.6 Å². The first-order valence-electron chi connectivity index (χ1n) is 8.59. The molecule has 6 heteroatoms. The molecule has 132 valence electrons. The van der Waals surface area contributed by atoms with Crippen molar-refractivity contribution < 1.29 is 14.0 Å². The summed E-state index contributed by atoms with van der Waals surface area (Å²) in [5, 5.41) is 5.55. The maximum Gasteiger partial charge on any atom is 0.255 e. The summed E-state index contributed by atoms with van der Waals surface area (Å²) in [7, 11) is 0. The number of benzene rings is 1. The van der Waals surface area contributed by atoms with E-state index in [1.54, 1.807) is 13.0 Å². The average molecular weight is 341 g/mol. The molecule has 0 saturated heterocycles. The third kappa shape index (κ3) is 4.21. The van der Waals surface area contributed by atoms with Gasteiger partial charge < -0.3 is 20.0 Å². The molecule has 2 N–H and O–H groups in total. The molecule has 1 aliphatic heterocycles. The normalized spacial score (nSPS) is 14.5. The van der Waals surface area contributed by atoms with Crippen molar-refractivity contribution in [1.82, 2.24) is 10.6 Å². The molecule has 0 unspecified atom stereocenters. The maximum atomic E-state index is 12.2. The highest BCUT2D eigenvalue weighted by Gasteiger charge is 2.19. The third-order valence-electron chi connectivity index (χ3n) is 4.41. The Morgan fingerprint density at radius 2 is 2.12 bits per heavy atom. The lowest BCUT2D eigenvalue weighted by molar-refractivity contribution is -0.122. The number of amides is 2. The van der Waals surface area contributed by atoms with Crippen molar-refractivity contribution in [3.05, 3.63) is 54.0 Å². The van der Waals surface area contributed by atoms with Gasteiger partial charge in [-0.25, -0.2) is 0 Å². The van der Waals surface area contributed by atoms with Gasteiger partial charge in [0.15, 0.2) is 0 Å². The van der Waals surface area contributed by atoms with E-state index in [0.717, 1.165) is 25.9 Å². The Labute approximate surface area is 147 Å². The second kappa shape index (κ2) is 7.88. The minimum atomic E-state index is -0.601. The number of nitrogens with one attached hydrogen (secondary N) is 2. The van der Waals surface area contributed by atoms with Crippen molar-refractivity contribution in [1.29, 1.82) is 0 Å². The van der Waals surface area contributed by atoms with Crippen LogP contribution in [-0.4, -0.2) is 37.5 Å². The molecule has 1 aliphatic rings. The highest BCUT2D eigenvalue weighted by molar-refractivity contribution is 5.97. The third-order valence-corrected chi connectivity index (χ3v) is 4.41. The quantitative estimate of drug-likeness (QED) is 0.842. The Hall–Kier alpha value is -2.76. The number of carbonyl (C=O) groups is 2. The summed E-state index contributed by atoms with van der Waals surface area (Å²) < 4.78 is 4.87. The van der Waals surface area contributed by atoms with Crippen LogP contribution in [0, 0.1) is 0 Å². The molecule has 1 aromatic heterocycles. The minimum absolute atomic E-state index is 0.192. The van der Waals surface area contributed by atoms with E-state index < -0.39 is 6.04 Å². The fraction of sp³-hybridized carbons (Fsp3) is 0.368. The van der Waals surface area contributed by atoms with E-state index in [2.05, 4.69) is 33.7 Å². The Morgan fingerprint density at radius 3 is 2.92 bits per heavy atom. The van der Waals surface area contributed by atoms with Gasteiger partial charge in [-0.05, 0) is 37.5 Å². The van der Waals surface area contributed by atoms with Crippen molar-refractivity contribution >= 4 is 17.5 Å². The van der Waals surface area contributed by atoms with E-state index >= 15 is 0 Å². The lowest BCUT2D eigenvalue weighted by Gasteiger charge is -2.31. The SMILES string of the molecule is C[C@H](NC(=O)c1ccoc1)C(=O)NCCN1CCCc2ccccc21. The summed E-state index contributed by atoms with van der Waals surface area (Å²) in [6.07, 6.45) is 5.02. The van der Waals surface area contributed by atoms with Crippen LogP contribution in [0.2, 0.25) is 0 Å². The summed E-state index contributed by atoms with van der Waals surface area (Å²) in [5.41, 5.74) is 3.02. The Bertz CT molecular complexity index is 727. The number of furan rings is 1. The highest BCUT2D eigenvalue weighted by atomic mass is 16.3. The van der Waals surface area contributed by atoms with E-state index in [0.29, 0.717) is 12.1 Å². The molecule has 25 heavy (non-hydrogen) atoms. The zero-order valence-electron chi connectivity index (χ0n) is 14.3. The van der Waals surface area contributed by atoms with Gasteiger partial charge in [0.2, 0.25) is 5.91 Å². The van der Waals surface area contributed by atoms with Crippen LogP contribution in [0.4, 0.5) is 5.69 Å². The zero-order valence-corrected chi connectivity index (χ0v) is 14.3. The minimum Gasteiger partial charge on any atom is -0.472 e. The van der Waals surface area contributed by atoms with Crippen LogP contribution < -0.4 is 15.5 Å². The first-order chi connectivity index (χ1) is 12.1. The van der Waals surface area contributed by atoms with Gasteiger partial charge in [-0.3, -0.25) is 9.59 Å². The monoisotopic (exact) mass is 341 g/mol. The first-order valence-corrected chi connectivity index (χ1v) is 8.59. The van der Waals surface area contributed by atoms with E-state index in [-0.39, 0.29) is 11.8 Å². The van der Waals surface area contributed by atoms with Gasteiger partial charge in [0.05, 0.1) is 11.8 Å². The van der Waals surface area contributed by atoms with Crippen LogP contribution in [0.1, 0.15) is 29.3 Å². The summed E-state index contributed by atoms with van der Waals surface area (Å²) in [6.45, 7) is 3.97. The smallest absolute Gasteiger partial charge is 0.255 e. The van der Waals surface area contributed by atoms with Crippen LogP contribution in [0.25, 0.3) is 0 Å². The van der Waals surface area contributed by atoms with E-state index in [4.69, 9.17) is 4.42 Å². The number of hydrogen-bond acceptors (Lipinski definition) is 4. The van der Waals surface area contributed by atoms with Crippen molar-refractivity contribution in [3.8, 4) is 0 Å². The molecule has 0 aliphatic carbocycles. The van der Waals surface area contributed by atoms with Crippen molar-refractivity contribution in [2.45, 2.75) is 25.8 Å². The van der Waals surface area contributed by atoms with Crippen LogP contribution >= 0.6 is 0 Å². The summed E-state index contributed by atoms with van der Waals surface area (Å²) >= 11 is 0. The fourth-order valence-corrected chi connectivity index (χ4v) is 3.05. The number of hydrogen-bond donors (Lipinski definition) is 2. The summed E-state index contributed by atoms with van der Waals surface area (Å²) in [6, 6.07) is 9.36. The molecule has 2 heterocycles. The Balaban J connectivity index is 1.46. The standard InChI is InChI=1S/C19H23N3O3/c1-14(21-19(24)16-8-12-25-13-16)18(23)20-9-11-22-10-4-6-15-5-2-3-7-17(15)22/h2-3,5,7-8,12-14H,4,6,9-11H2,1H3,(H,20,23)(H,21,24)/t14-/m0/s1. The molecule has 2 aromatic rings. The molecule has 1 aromatic carbocycles. The summed E-state index contributed by atoms with van der Waals surface area (Å²) in [4.78, 5) is 26.4. The number of anilines is 1. The van der Waals surface area contributed by atoms with Crippen LogP contribution in [0.15, 0.2) is 47.3 Å². The largest absolute Gasteiger partial charge is 0.472 e. The average Bonchev–Trinajstić information content (AvgIpc) is 3.16. The van der Waals surface area contributed by atoms with Crippen molar-refractivity contribution in [2.24, 2.45) is 0 Å². The van der Waals surface area contributed by atoms with Gasteiger partial charge in [0.1, 0.15) is 12.3 Å². The number of fused-ring (bicyclic) bond motifs is 1. The van der Waals surface area contributed by atoms with Crippen molar-refractivity contribution in [3.63, 3.8) is 0 Å². The molecular weight excluding hydrogens is 318 g/mol. The van der Waals surface area contributed by atoms with Gasteiger partial charge in [-0.15, -0.1) is 0 Å². The lowest BCUT2D eigenvalue weighted by atomic mass is 10.0. The van der Waals surface area contributed by atoms with Crippen molar-refractivity contribution in [2.75, 3.05) is 24.5 Å². The first kappa shape index (κ1) is 17.1. The van der Waals surface area contributed by atoms with Gasteiger partial charge in [0.25, 0.3) is 5.91 Å². The summed E-state index contributed by atoms with van der Waals surface area (Å²) in [5.74, 6) is -0.511. The van der Waals surface area contributed by atoms with Gasteiger partial charge in [-0.2, -0.15) is 0 Å². The van der Waals surface area contributed by atoms with E-state index in [9.17, 15) is 9.59 Å². The molecule has 6 nitrogen and oxygen atoms in total. The van der Waals surface area contributed by atoms with Gasteiger partial charge in [0, 0.05) is 25.3 Å². The molecule has 0 radical (unpaired) electrons. The predicted molar refractivity (Wildman–Crippen MR) is 95.6 cm³/mol. The predicted octanol–water partition coefficient (Wildman–Crippen LogP) is 1.97. The number of carbonyl (C=O) groups excluding carboxylic acids is 2. The molecule has 0 bridgehead atoms. The number of rotatable bonds is 6. The molecule has 2 amide bonds. The van der Waals surface area contributed by atoms with Gasteiger partial charge in [-0.1, -0.05) is 18.2 Å². The van der Waals surface area contributed by atoms with Crippen LogP contribution in [0.3, 0.4) is 0 Å². The molecule has 0 saturated carbocycles. The highest BCUT2D eigenvalue weighted by Crippen LogP contribution is 2.25. The van der Waals surface area contributed by atoms with Crippen LogP contribution in [-0.2, 0) is 11.2 Å². The van der Waals surface area contributed by atoms with Crippen LogP contribution in [0.5, 0.6) is 0 Å². The second-order valence-corrected chi connectivity index (χ2v) is 6.22. The molecule has 0 fully saturated rings. The Morgan fingerprint density at radius 1 is 1.28 bits per heavy atom. The van der Waals surface area contributed by atoms with E-state index in [1.807, 2.05) is 6.07 Å². The zero-order chi connectivity index (χ0) is 17.6. The lowest BCUT2D eigenvalue weighted by Crippen LogP contribution is -2.47. The molecule has 0 spiro atoms. The fourth-order valence-electron chi connectivity index (χ4n) is 3.05. The molecule has 3 rings (SSSR count). The Kier molecular flexibility index (Phi) is 5.38. The second-order valence-electron chi connectivity index (χ2n) is 6.22. The maximum absolute atomic E-state index is 12.2. The van der Waals surface area contributed by atoms with E-state index in [1.165, 1.54) is 23.8 Å². The number of nitrogens with zero attached hydrogens (tertiary/aromatic N) is 1. The molecule has 1 atom stereocenters. The number of para-hydroxylation sites is 1. The molecular formula is C19H23N3O3. The number of aryl methyl sites for hydroxylation is 1.